The molecule has 5 rings (SSSR count). The van der Waals surface area contributed by atoms with Crippen molar-refractivity contribution >= 4 is 17.7 Å². The molecule has 0 radical (unpaired) electrons. The zero-order valence-corrected chi connectivity index (χ0v) is 18.9. The second-order valence-corrected chi connectivity index (χ2v) is 9.13. The van der Waals surface area contributed by atoms with Crippen LogP contribution >= 0.6 is 0 Å². The number of nitrogens with zero attached hydrogens (tertiary/aromatic N) is 4. The van der Waals surface area contributed by atoms with Crippen LogP contribution in [0.3, 0.4) is 0 Å². The monoisotopic (exact) mass is 438 g/mol. The van der Waals surface area contributed by atoms with Crippen LogP contribution in [0.15, 0.2) is 24.5 Å². The lowest BCUT2D eigenvalue weighted by Crippen LogP contribution is -2.42. The fourth-order valence-electron chi connectivity index (χ4n) is 4.49. The smallest absolute Gasteiger partial charge is 0.414 e. The highest BCUT2D eigenvalue weighted by Crippen LogP contribution is 2.44. The van der Waals surface area contributed by atoms with Crippen LogP contribution in [0.4, 0.5) is 10.5 Å². The van der Waals surface area contributed by atoms with Gasteiger partial charge in [-0.15, -0.1) is 0 Å². The quantitative estimate of drug-likeness (QED) is 0.686. The molecule has 2 aliphatic carbocycles. The van der Waals surface area contributed by atoms with Crippen LogP contribution < -0.4 is 9.64 Å². The second-order valence-electron chi connectivity index (χ2n) is 9.13. The van der Waals surface area contributed by atoms with Crippen molar-refractivity contribution in [2.45, 2.75) is 63.6 Å². The summed E-state index contributed by atoms with van der Waals surface area (Å²) in [7, 11) is 3.23. The second kappa shape index (κ2) is 8.15. The summed E-state index contributed by atoms with van der Waals surface area (Å²) in [5.74, 6) is 0.634. The van der Waals surface area contributed by atoms with E-state index in [0.29, 0.717) is 17.8 Å². The predicted molar refractivity (Wildman–Crippen MR) is 120 cm³/mol. The molecule has 2 heterocycles. The van der Waals surface area contributed by atoms with Crippen LogP contribution in [0, 0.1) is 0 Å². The van der Waals surface area contributed by atoms with E-state index in [4.69, 9.17) is 9.47 Å². The van der Waals surface area contributed by atoms with Crippen LogP contribution in [-0.2, 0) is 16.0 Å². The van der Waals surface area contributed by atoms with Gasteiger partial charge in [-0.3, -0.25) is 14.4 Å². The van der Waals surface area contributed by atoms with Gasteiger partial charge in [-0.25, -0.2) is 4.79 Å². The van der Waals surface area contributed by atoms with Crippen LogP contribution in [-0.4, -0.2) is 59.5 Å². The number of carbonyl (C=O) groups is 2. The third-order valence-corrected chi connectivity index (χ3v) is 6.78. The van der Waals surface area contributed by atoms with Gasteiger partial charge in [-0.05, 0) is 57.6 Å². The summed E-state index contributed by atoms with van der Waals surface area (Å²) in [6.45, 7) is 1.99. The molecule has 0 unspecified atom stereocenters. The van der Waals surface area contributed by atoms with Gasteiger partial charge in [0.05, 0.1) is 25.0 Å². The number of hydrogen-bond donors (Lipinski definition) is 0. The number of amides is 2. The van der Waals surface area contributed by atoms with E-state index >= 15 is 0 Å². The summed E-state index contributed by atoms with van der Waals surface area (Å²) in [4.78, 5) is 28.7. The first-order valence-electron chi connectivity index (χ1n) is 11.4. The standard InChI is InChI=1S/C24H30N4O4/c1-15-4-9-20-21(28(15)24(30)31-3)11-10-19(16-12-25-27(13-16)18-7-8-18)23(20)32-14-22(29)26(2)17-5-6-17/h10-13,15,17-18H,4-9,14H2,1-3H3/t15-/m0/s1. The summed E-state index contributed by atoms with van der Waals surface area (Å²) in [5, 5.41) is 4.53. The summed E-state index contributed by atoms with van der Waals surface area (Å²) in [6, 6.07) is 4.76. The first-order valence-corrected chi connectivity index (χ1v) is 11.4. The van der Waals surface area contributed by atoms with Crippen molar-refractivity contribution in [2.75, 3.05) is 25.7 Å². The number of rotatable bonds is 6. The Morgan fingerprint density at radius 2 is 1.97 bits per heavy atom. The molecular formula is C24H30N4O4. The molecule has 2 aromatic rings. The number of methoxy groups -OCH3 is 1. The van der Waals surface area contributed by atoms with Gasteiger partial charge < -0.3 is 14.4 Å². The Bertz CT molecular complexity index is 1040. The maximum absolute atomic E-state index is 12.7. The van der Waals surface area contributed by atoms with Crippen molar-refractivity contribution in [3.05, 3.63) is 30.1 Å². The molecule has 0 spiro atoms. The molecule has 8 heteroatoms. The fraction of sp³-hybridized carbons (Fsp3) is 0.542. The average molecular weight is 439 g/mol. The van der Waals surface area contributed by atoms with E-state index in [1.807, 2.05) is 43.2 Å². The number of aromatic nitrogens is 2. The lowest BCUT2D eigenvalue weighted by atomic mass is 9.92. The van der Waals surface area contributed by atoms with Gasteiger partial charge >= 0.3 is 6.09 Å². The molecular weight excluding hydrogens is 408 g/mol. The van der Waals surface area contributed by atoms with Gasteiger partial charge in [0, 0.05) is 42.0 Å². The van der Waals surface area contributed by atoms with E-state index in [1.165, 1.54) is 7.11 Å². The Hall–Kier alpha value is -3.03. The molecule has 8 nitrogen and oxygen atoms in total. The molecule has 1 aromatic heterocycles. The van der Waals surface area contributed by atoms with Crippen LogP contribution in [0.25, 0.3) is 11.1 Å². The zero-order valence-electron chi connectivity index (χ0n) is 18.9. The Morgan fingerprint density at radius 1 is 1.19 bits per heavy atom. The van der Waals surface area contributed by atoms with E-state index < -0.39 is 0 Å². The molecule has 2 saturated carbocycles. The lowest BCUT2D eigenvalue weighted by Gasteiger charge is -2.35. The number of benzene rings is 1. The largest absolute Gasteiger partial charge is 0.483 e. The molecule has 1 aromatic carbocycles. The Balaban J connectivity index is 1.52. The van der Waals surface area contributed by atoms with Gasteiger partial charge in [0.1, 0.15) is 5.75 Å². The highest BCUT2D eigenvalue weighted by molar-refractivity contribution is 5.92. The third-order valence-electron chi connectivity index (χ3n) is 6.78. The van der Waals surface area contributed by atoms with Crippen LogP contribution in [0.2, 0.25) is 0 Å². The number of ether oxygens (including phenoxy) is 2. The SMILES string of the molecule is COC(=O)N1c2ccc(-c3cnn(C4CC4)c3)c(OCC(=O)N(C)C3CC3)c2CC[C@@H]1C. The van der Waals surface area contributed by atoms with E-state index in [9.17, 15) is 9.59 Å². The highest BCUT2D eigenvalue weighted by atomic mass is 16.5. The molecule has 170 valence electrons. The van der Waals surface area contributed by atoms with E-state index in [-0.39, 0.29) is 24.6 Å². The summed E-state index contributed by atoms with van der Waals surface area (Å²) < 4.78 is 13.3. The average Bonchev–Trinajstić information content (AvgIpc) is 3.74. The molecule has 1 atom stereocenters. The van der Waals surface area contributed by atoms with Crippen molar-refractivity contribution < 1.29 is 19.1 Å². The van der Waals surface area contributed by atoms with Crippen molar-refractivity contribution in [1.82, 2.24) is 14.7 Å². The highest BCUT2D eigenvalue weighted by Gasteiger charge is 2.34. The lowest BCUT2D eigenvalue weighted by molar-refractivity contribution is -0.132. The van der Waals surface area contributed by atoms with E-state index in [1.54, 1.807) is 9.80 Å². The molecule has 2 amide bonds. The Kier molecular flexibility index (Phi) is 5.31. The van der Waals surface area contributed by atoms with Gasteiger partial charge in [0.15, 0.2) is 6.61 Å². The minimum absolute atomic E-state index is 0.0221. The normalized spacial score (nSPS) is 20.0. The van der Waals surface area contributed by atoms with Crippen molar-refractivity contribution in [1.29, 1.82) is 0 Å². The molecule has 32 heavy (non-hydrogen) atoms. The van der Waals surface area contributed by atoms with Crippen molar-refractivity contribution in [3.8, 4) is 16.9 Å². The number of hydrogen-bond acceptors (Lipinski definition) is 5. The number of carbonyl (C=O) groups excluding carboxylic acids is 2. The molecule has 0 saturated heterocycles. The Morgan fingerprint density at radius 3 is 2.66 bits per heavy atom. The first-order chi connectivity index (χ1) is 15.5. The number of fused-ring (bicyclic) bond motifs is 1. The first kappa shape index (κ1) is 20.8. The maximum atomic E-state index is 12.7. The number of likely N-dealkylation sites (N-methyl/N-ethyl adjacent to an activating group) is 1. The zero-order chi connectivity index (χ0) is 22.4. The molecule has 0 bridgehead atoms. The minimum atomic E-state index is -0.386. The molecule has 3 aliphatic rings. The predicted octanol–water partition coefficient (Wildman–Crippen LogP) is 3.79. The van der Waals surface area contributed by atoms with E-state index in [2.05, 4.69) is 5.10 Å². The van der Waals surface area contributed by atoms with Gasteiger partial charge in [0.25, 0.3) is 5.91 Å². The van der Waals surface area contributed by atoms with Gasteiger partial charge in [-0.1, -0.05) is 0 Å². The fourth-order valence-corrected chi connectivity index (χ4v) is 4.49. The minimum Gasteiger partial charge on any atom is -0.483 e. The molecule has 1 aliphatic heterocycles. The summed E-state index contributed by atoms with van der Waals surface area (Å²) in [6.07, 6.45) is 9.49. The summed E-state index contributed by atoms with van der Waals surface area (Å²) in [5.41, 5.74) is 3.58. The summed E-state index contributed by atoms with van der Waals surface area (Å²) >= 11 is 0. The van der Waals surface area contributed by atoms with Gasteiger partial charge in [0.2, 0.25) is 0 Å². The Labute approximate surface area is 188 Å². The van der Waals surface area contributed by atoms with Crippen LogP contribution in [0.1, 0.15) is 50.6 Å². The molecule has 2 fully saturated rings. The van der Waals surface area contributed by atoms with Crippen LogP contribution in [0.5, 0.6) is 5.75 Å². The van der Waals surface area contributed by atoms with Crippen molar-refractivity contribution in [2.24, 2.45) is 0 Å². The van der Waals surface area contributed by atoms with Crippen molar-refractivity contribution in [3.63, 3.8) is 0 Å². The maximum Gasteiger partial charge on any atom is 0.414 e. The third kappa shape index (κ3) is 3.82. The number of anilines is 1. The van der Waals surface area contributed by atoms with Gasteiger partial charge in [-0.2, -0.15) is 5.10 Å². The topological polar surface area (TPSA) is 76.9 Å². The van der Waals surface area contributed by atoms with E-state index in [0.717, 1.165) is 60.9 Å². The molecule has 0 N–H and O–H groups in total.